The fourth-order valence-corrected chi connectivity index (χ4v) is 3.64. The first-order chi connectivity index (χ1) is 10.7. The molecule has 3 nitrogen and oxygen atoms in total. The number of benzene rings is 1. The number of anilines is 1. The number of ether oxygens (including phenoxy) is 1. The lowest BCUT2D eigenvalue weighted by Crippen LogP contribution is -2.54. The van der Waals surface area contributed by atoms with Gasteiger partial charge in [-0.1, -0.05) is 19.4 Å². The molecule has 23 heavy (non-hydrogen) atoms. The van der Waals surface area contributed by atoms with Crippen LogP contribution in [0.25, 0.3) is 5.57 Å². The fourth-order valence-electron chi connectivity index (χ4n) is 3.64. The lowest BCUT2D eigenvalue weighted by atomic mass is 9.85. The van der Waals surface area contributed by atoms with Crippen LogP contribution in [0.3, 0.4) is 0 Å². The number of nitrogens with zero attached hydrogens (tertiary/aromatic N) is 1. The third-order valence-corrected chi connectivity index (χ3v) is 4.83. The van der Waals surface area contributed by atoms with Gasteiger partial charge >= 0.3 is 5.97 Å². The quantitative estimate of drug-likeness (QED) is 0.758. The summed E-state index contributed by atoms with van der Waals surface area (Å²) < 4.78 is 5.11. The van der Waals surface area contributed by atoms with Gasteiger partial charge < -0.3 is 9.64 Å². The number of methoxy groups -OCH3 is 1. The van der Waals surface area contributed by atoms with E-state index in [4.69, 9.17) is 4.74 Å². The van der Waals surface area contributed by atoms with Gasteiger partial charge in [-0.2, -0.15) is 0 Å². The highest BCUT2D eigenvalue weighted by Crippen LogP contribution is 2.42. The maximum absolute atomic E-state index is 12.4. The minimum atomic E-state index is -0.259. The van der Waals surface area contributed by atoms with Crippen molar-refractivity contribution in [2.75, 3.05) is 12.0 Å². The van der Waals surface area contributed by atoms with Crippen molar-refractivity contribution in [1.82, 2.24) is 0 Å². The standard InChI is InChI=1S/C20H29NO2/c1-8-9-17(19(22)23-7)21-18-11-14(3)13(2)10-16(18)15(4)12-20(21,5)6/h10-12,17H,8-9H2,1-7H3/t17-/m1/s1. The summed E-state index contributed by atoms with van der Waals surface area (Å²) in [7, 11) is 1.48. The van der Waals surface area contributed by atoms with Crippen LogP contribution in [0.5, 0.6) is 0 Å². The molecule has 0 N–H and O–H groups in total. The second-order valence-electron chi connectivity index (χ2n) is 7.13. The van der Waals surface area contributed by atoms with Gasteiger partial charge in [0.1, 0.15) is 6.04 Å². The van der Waals surface area contributed by atoms with E-state index < -0.39 is 0 Å². The highest BCUT2D eigenvalue weighted by Gasteiger charge is 2.39. The number of fused-ring (bicyclic) bond motifs is 1. The van der Waals surface area contributed by atoms with Gasteiger partial charge in [-0.3, -0.25) is 0 Å². The molecule has 0 fully saturated rings. The molecule has 1 atom stereocenters. The summed E-state index contributed by atoms with van der Waals surface area (Å²) in [5.74, 6) is -0.156. The van der Waals surface area contributed by atoms with Crippen molar-refractivity contribution in [3.63, 3.8) is 0 Å². The monoisotopic (exact) mass is 315 g/mol. The molecule has 1 aliphatic heterocycles. The zero-order valence-electron chi connectivity index (χ0n) is 15.5. The summed E-state index contributed by atoms with van der Waals surface area (Å²) >= 11 is 0. The molecule has 0 saturated carbocycles. The molecule has 0 spiro atoms. The molecule has 1 aliphatic rings. The Labute approximate surface area is 140 Å². The van der Waals surface area contributed by atoms with E-state index in [0.29, 0.717) is 0 Å². The van der Waals surface area contributed by atoms with E-state index in [1.165, 1.54) is 29.4 Å². The molecule has 2 rings (SSSR count). The van der Waals surface area contributed by atoms with Gasteiger partial charge in [-0.15, -0.1) is 0 Å². The zero-order valence-corrected chi connectivity index (χ0v) is 15.5. The largest absolute Gasteiger partial charge is 0.467 e. The van der Waals surface area contributed by atoms with Crippen LogP contribution in [0.2, 0.25) is 0 Å². The minimum absolute atomic E-state index is 0.156. The molecule has 1 aromatic rings. The molecule has 0 bridgehead atoms. The van der Waals surface area contributed by atoms with Crippen molar-refractivity contribution < 1.29 is 9.53 Å². The Hall–Kier alpha value is -1.77. The van der Waals surface area contributed by atoms with E-state index >= 15 is 0 Å². The first-order valence-electron chi connectivity index (χ1n) is 8.41. The first-order valence-corrected chi connectivity index (χ1v) is 8.41. The molecule has 3 heteroatoms. The molecule has 126 valence electrons. The van der Waals surface area contributed by atoms with Crippen molar-refractivity contribution in [2.45, 2.75) is 66.0 Å². The lowest BCUT2D eigenvalue weighted by molar-refractivity contribution is -0.142. The minimum Gasteiger partial charge on any atom is -0.467 e. The van der Waals surface area contributed by atoms with Crippen LogP contribution in [-0.2, 0) is 9.53 Å². The second-order valence-corrected chi connectivity index (χ2v) is 7.13. The van der Waals surface area contributed by atoms with Gasteiger partial charge in [0.15, 0.2) is 0 Å². The smallest absolute Gasteiger partial charge is 0.328 e. The zero-order chi connectivity index (χ0) is 17.4. The number of allylic oxidation sites excluding steroid dienone is 1. The van der Waals surface area contributed by atoms with Crippen LogP contribution in [0, 0.1) is 13.8 Å². The SMILES string of the molecule is CCC[C@H](C(=O)OC)N1c2cc(C)c(C)cc2C(C)=CC1(C)C. The van der Waals surface area contributed by atoms with Crippen molar-refractivity contribution in [3.8, 4) is 0 Å². The van der Waals surface area contributed by atoms with Gasteiger partial charge in [-0.25, -0.2) is 4.79 Å². The highest BCUT2D eigenvalue weighted by molar-refractivity contribution is 5.88. The van der Waals surface area contributed by atoms with Crippen LogP contribution >= 0.6 is 0 Å². The Morgan fingerprint density at radius 2 is 1.83 bits per heavy atom. The van der Waals surface area contributed by atoms with Gasteiger partial charge in [0.25, 0.3) is 0 Å². The van der Waals surface area contributed by atoms with E-state index in [1.54, 1.807) is 0 Å². The Kier molecular flexibility index (Phi) is 4.88. The topological polar surface area (TPSA) is 29.5 Å². The summed E-state index contributed by atoms with van der Waals surface area (Å²) in [6.07, 6.45) is 3.99. The number of esters is 1. The average Bonchev–Trinajstić information content (AvgIpc) is 2.47. The fraction of sp³-hybridized carbons (Fsp3) is 0.550. The molecule has 0 saturated heterocycles. The molecule has 1 heterocycles. The molecule has 0 unspecified atom stereocenters. The number of hydrogen-bond donors (Lipinski definition) is 0. The predicted molar refractivity (Wildman–Crippen MR) is 96.8 cm³/mol. The van der Waals surface area contributed by atoms with Crippen LogP contribution in [0.4, 0.5) is 5.69 Å². The molecule has 0 aliphatic carbocycles. The Balaban J connectivity index is 2.66. The number of aryl methyl sites for hydroxylation is 2. The van der Waals surface area contributed by atoms with E-state index in [1.807, 2.05) is 0 Å². The molecule has 0 amide bonds. The normalized spacial score (nSPS) is 17.3. The summed E-state index contributed by atoms with van der Waals surface area (Å²) in [5, 5.41) is 0. The van der Waals surface area contributed by atoms with E-state index in [0.717, 1.165) is 18.5 Å². The van der Waals surface area contributed by atoms with Crippen LogP contribution in [0.1, 0.15) is 57.2 Å². The lowest BCUT2D eigenvalue weighted by Gasteiger charge is -2.47. The van der Waals surface area contributed by atoms with Crippen molar-refractivity contribution in [3.05, 3.63) is 34.9 Å². The van der Waals surface area contributed by atoms with E-state index in [2.05, 4.69) is 64.7 Å². The molecular formula is C20H29NO2. The van der Waals surface area contributed by atoms with Crippen molar-refractivity contribution >= 4 is 17.2 Å². The first kappa shape index (κ1) is 17.6. The Morgan fingerprint density at radius 1 is 1.22 bits per heavy atom. The predicted octanol–water partition coefficient (Wildman–Crippen LogP) is 4.65. The summed E-state index contributed by atoms with van der Waals surface area (Å²) in [6, 6.07) is 4.19. The van der Waals surface area contributed by atoms with Gasteiger partial charge in [-0.05, 0) is 69.9 Å². The van der Waals surface area contributed by atoms with Crippen LogP contribution < -0.4 is 4.90 Å². The van der Waals surface area contributed by atoms with E-state index in [9.17, 15) is 4.79 Å². The van der Waals surface area contributed by atoms with Gasteiger partial charge in [0, 0.05) is 11.3 Å². The van der Waals surface area contributed by atoms with Crippen molar-refractivity contribution in [2.24, 2.45) is 0 Å². The molecular weight excluding hydrogens is 286 g/mol. The average molecular weight is 315 g/mol. The third kappa shape index (κ3) is 3.15. The summed E-state index contributed by atoms with van der Waals surface area (Å²) in [6.45, 7) is 12.9. The van der Waals surface area contributed by atoms with Gasteiger partial charge in [0.05, 0.1) is 12.6 Å². The van der Waals surface area contributed by atoms with Gasteiger partial charge in [0.2, 0.25) is 0 Å². The maximum Gasteiger partial charge on any atom is 0.328 e. The summed E-state index contributed by atoms with van der Waals surface area (Å²) in [5.41, 5.74) is 5.93. The Bertz CT molecular complexity index is 643. The third-order valence-electron chi connectivity index (χ3n) is 4.83. The molecule has 0 radical (unpaired) electrons. The second kappa shape index (κ2) is 6.38. The number of carbonyl (C=O) groups excluding carboxylic acids is 1. The van der Waals surface area contributed by atoms with E-state index in [-0.39, 0.29) is 17.6 Å². The van der Waals surface area contributed by atoms with Crippen LogP contribution in [0.15, 0.2) is 18.2 Å². The number of rotatable bonds is 4. The highest BCUT2D eigenvalue weighted by atomic mass is 16.5. The molecule has 0 aromatic heterocycles. The maximum atomic E-state index is 12.4. The number of hydrogen-bond acceptors (Lipinski definition) is 3. The summed E-state index contributed by atoms with van der Waals surface area (Å²) in [4.78, 5) is 14.7. The number of carbonyl (C=O) groups is 1. The van der Waals surface area contributed by atoms with Crippen molar-refractivity contribution in [1.29, 1.82) is 0 Å². The Morgan fingerprint density at radius 3 is 2.39 bits per heavy atom. The van der Waals surface area contributed by atoms with Crippen LogP contribution in [-0.4, -0.2) is 24.7 Å². The molecule has 1 aromatic carbocycles.